The molecule has 2 unspecified atom stereocenters. The number of nitrogens with zero attached hydrogens (tertiary/aromatic N) is 1. The molecule has 2 atom stereocenters. The SMILES string of the molecule is CCCCCC(C)NC1CCCN(Cc2ccccc2)C1. The molecule has 1 fully saturated rings. The highest BCUT2D eigenvalue weighted by atomic mass is 15.2. The second kappa shape index (κ2) is 9.22. The summed E-state index contributed by atoms with van der Waals surface area (Å²) in [7, 11) is 0. The Morgan fingerprint density at radius 1 is 1.24 bits per heavy atom. The Labute approximate surface area is 130 Å². The summed E-state index contributed by atoms with van der Waals surface area (Å²) in [5.41, 5.74) is 1.44. The Morgan fingerprint density at radius 2 is 2.05 bits per heavy atom. The topological polar surface area (TPSA) is 15.3 Å². The summed E-state index contributed by atoms with van der Waals surface area (Å²) in [6.45, 7) is 8.18. The lowest BCUT2D eigenvalue weighted by atomic mass is 10.0. The molecule has 1 aromatic rings. The van der Waals surface area contributed by atoms with E-state index in [0.29, 0.717) is 12.1 Å². The lowest BCUT2D eigenvalue weighted by Gasteiger charge is -2.35. The summed E-state index contributed by atoms with van der Waals surface area (Å²) in [6, 6.07) is 12.2. The van der Waals surface area contributed by atoms with E-state index in [1.54, 1.807) is 0 Å². The fourth-order valence-electron chi connectivity index (χ4n) is 3.36. The first kappa shape index (κ1) is 16.5. The highest BCUT2D eigenvalue weighted by molar-refractivity contribution is 5.14. The van der Waals surface area contributed by atoms with E-state index in [1.165, 1.54) is 57.2 Å². The van der Waals surface area contributed by atoms with Crippen molar-refractivity contribution in [3.63, 3.8) is 0 Å². The number of unbranched alkanes of at least 4 members (excludes halogenated alkanes) is 2. The maximum Gasteiger partial charge on any atom is 0.0234 e. The van der Waals surface area contributed by atoms with Crippen LogP contribution in [0.5, 0.6) is 0 Å². The molecule has 2 rings (SSSR count). The Bertz CT molecular complexity index is 376. The Hall–Kier alpha value is -0.860. The van der Waals surface area contributed by atoms with Crippen LogP contribution in [0, 0.1) is 0 Å². The smallest absolute Gasteiger partial charge is 0.0234 e. The summed E-state index contributed by atoms with van der Waals surface area (Å²) in [5, 5.41) is 3.85. The first-order valence-corrected chi connectivity index (χ1v) is 8.80. The van der Waals surface area contributed by atoms with Crippen LogP contribution >= 0.6 is 0 Å². The quantitative estimate of drug-likeness (QED) is 0.721. The zero-order valence-corrected chi connectivity index (χ0v) is 13.9. The van der Waals surface area contributed by atoms with Crippen molar-refractivity contribution in [1.29, 1.82) is 0 Å². The molecule has 1 heterocycles. The molecule has 0 amide bonds. The molecule has 21 heavy (non-hydrogen) atoms. The van der Waals surface area contributed by atoms with Crippen LogP contribution in [0.25, 0.3) is 0 Å². The number of hydrogen-bond donors (Lipinski definition) is 1. The van der Waals surface area contributed by atoms with E-state index < -0.39 is 0 Å². The van der Waals surface area contributed by atoms with Crippen molar-refractivity contribution in [1.82, 2.24) is 10.2 Å². The standard InChI is InChI=1S/C19H32N2/c1-3-4-6-10-17(2)20-19-13-9-14-21(16-19)15-18-11-7-5-8-12-18/h5,7-8,11-12,17,19-20H,3-4,6,9-10,13-16H2,1-2H3. The van der Waals surface area contributed by atoms with Gasteiger partial charge in [0.15, 0.2) is 0 Å². The number of hydrogen-bond acceptors (Lipinski definition) is 2. The molecule has 118 valence electrons. The maximum absolute atomic E-state index is 3.85. The zero-order chi connectivity index (χ0) is 14.9. The third kappa shape index (κ3) is 6.19. The predicted octanol–water partition coefficient (Wildman–Crippen LogP) is 4.21. The van der Waals surface area contributed by atoms with Gasteiger partial charge in [-0.3, -0.25) is 4.90 Å². The Balaban J connectivity index is 1.73. The molecule has 1 aliphatic heterocycles. The monoisotopic (exact) mass is 288 g/mol. The fourth-order valence-corrected chi connectivity index (χ4v) is 3.36. The van der Waals surface area contributed by atoms with Crippen molar-refractivity contribution in [2.75, 3.05) is 13.1 Å². The highest BCUT2D eigenvalue weighted by Gasteiger charge is 2.20. The third-order valence-electron chi connectivity index (χ3n) is 4.52. The van der Waals surface area contributed by atoms with E-state index >= 15 is 0 Å². The molecule has 0 spiro atoms. The van der Waals surface area contributed by atoms with Crippen molar-refractivity contribution in [2.45, 2.75) is 71.0 Å². The van der Waals surface area contributed by atoms with Crippen LogP contribution in [0.4, 0.5) is 0 Å². The van der Waals surface area contributed by atoms with Crippen molar-refractivity contribution in [3.8, 4) is 0 Å². The molecular formula is C19H32N2. The number of benzene rings is 1. The molecule has 0 aromatic heterocycles. The van der Waals surface area contributed by atoms with Crippen LogP contribution in [0.2, 0.25) is 0 Å². The minimum atomic E-state index is 0.665. The van der Waals surface area contributed by atoms with Gasteiger partial charge in [-0.2, -0.15) is 0 Å². The lowest BCUT2D eigenvalue weighted by molar-refractivity contribution is 0.175. The van der Waals surface area contributed by atoms with Gasteiger partial charge in [0.2, 0.25) is 0 Å². The van der Waals surface area contributed by atoms with E-state index in [-0.39, 0.29) is 0 Å². The van der Waals surface area contributed by atoms with Gasteiger partial charge in [0.05, 0.1) is 0 Å². The fraction of sp³-hybridized carbons (Fsp3) is 0.684. The molecule has 1 N–H and O–H groups in total. The van der Waals surface area contributed by atoms with Gasteiger partial charge < -0.3 is 5.32 Å². The van der Waals surface area contributed by atoms with Gasteiger partial charge in [-0.05, 0) is 38.3 Å². The van der Waals surface area contributed by atoms with Gasteiger partial charge >= 0.3 is 0 Å². The number of likely N-dealkylation sites (tertiary alicyclic amines) is 1. The predicted molar refractivity (Wildman–Crippen MR) is 91.5 cm³/mol. The molecule has 0 aliphatic carbocycles. The second-order valence-electron chi connectivity index (χ2n) is 6.62. The molecule has 0 bridgehead atoms. The van der Waals surface area contributed by atoms with Crippen molar-refractivity contribution < 1.29 is 0 Å². The van der Waals surface area contributed by atoms with Crippen LogP contribution < -0.4 is 5.32 Å². The molecule has 2 nitrogen and oxygen atoms in total. The maximum atomic E-state index is 3.85. The number of rotatable bonds is 8. The summed E-state index contributed by atoms with van der Waals surface area (Å²) in [4.78, 5) is 2.61. The van der Waals surface area contributed by atoms with E-state index in [4.69, 9.17) is 0 Å². The number of nitrogens with one attached hydrogen (secondary N) is 1. The summed E-state index contributed by atoms with van der Waals surface area (Å²) in [5.74, 6) is 0. The molecule has 1 aromatic carbocycles. The van der Waals surface area contributed by atoms with Gasteiger partial charge in [0.1, 0.15) is 0 Å². The van der Waals surface area contributed by atoms with Gasteiger partial charge in [0, 0.05) is 25.2 Å². The summed E-state index contributed by atoms with van der Waals surface area (Å²) < 4.78 is 0. The number of piperidine rings is 1. The molecule has 1 aliphatic rings. The summed E-state index contributed by atoms with van der Waals surface area (Å²) in [6.07, 6.45) is 8.04. The second-order valence-corrected chi connectivity index (χ2v) is 6.62. The van der Waals surface area contributed by atoms with Gasteiger partial charge in [0.25, 0.3) is 0 Å². The normalized spacial score (nSPS) is 21.3. The third-order valence-corrected chi connectivity index (χ3v) is 4.52. The van der Waals surface area contributed by atoms with E-state index in [0.717, 1.165) is 6.54 Å². The van der Waals surface area contributed by atoms with Crippen LogP contribution in [-0.2, 0) is 6.54 Å². The van der Waals surface area contributed by atoms with Crippen molar-refractivity contribution >= 4 is 0 Å². The van der Waals surface area contributed by atoms with Crippen LogP contribution in [0.15, 0.2) is 30.3 Å². The summed E-state index contributed by atoms with van der Waals surface area (Å²) >= 11 is 0. The van der Waals surface area contributed by atoms with Crippen molar-refractivity contribution in [2.24, 2.45) is 0 Å². The minimum absolute atomic E-state index is 0.665. The van der Waals surface area contributed by atoms with E-state index in [2.05, 4.69) is 54.4 Å². The van der Waals surface area contributed by atoms with E-state index in [1.807, 2.05) is 0 Å². The van der Waals surface area contributed by atoms with Crippen LogP contribution in [0.1, 0.15) is 57.9 Å². The van der Waals surface area contributed by atoms with Crippen LogP contribution in [0.3, 0.4) is 0 Å². The first-order valence-electron chi connectivity index (χ1n) is 8.80. The average molecular weight is 288 g/mol. The van der Waals surface area contributed by atoms with Gasteiger partial charge in [-0.1, -0.05) is 56.5 Å². The largest absolute Gasteiger partial charge is 0.310 e. The molecule has 2 heteroatoms. The minimum Gasteiger partial charge on any atom is -0.310 e. The molecule has 0 saturated carbocycles. The van der Waals surface area contributed by atoms with Crippen LogP contribution in [-0.4, -0.2) is 30.1 Å². The molecule has 0 radical (unpaired) electrons. The van der Waals surface area contributed by atoms with Gasteiger partial charge in [-0.25, -0.2) is 0 Å². The molecular weight excluding hydrogens is 256 g/mol. The average Bonchev–Trinajstić information content (AvgIpc) is 2.49. The Kier molecular flexibility index (Phi) is 7.25. The Morgan fingerprint density at radius 3 is 2.81 bits per heavy atom. The van der Waals surface area contributed by atoms with Gasteiger partial charge in [-0.15, -0.1) is 0 Å². The lowest BCUT2D eigenvalue weighted by Crippen LogP contribution is -2.48. The molecule has 1 saturated heterocycles. The van der Waals surface area contributed by atoms with E-state index in [9.17, 15) is 0 Å². The zero-order valence-electron chi connectivity index (χ0n) is 13.9. The van der Waals surface area contributed by atoms with Crippen molar-refractivity contribution in [3.05, 3.63) is 35.9 Å². The highest BCUT2D eigenvalue weighted by Crippen LogP contribution is 2.15. The first-order chi connectivity index (χ1) is 10.3.